The molecule has 0 bridgehead atoms. The van der Waals surface area contributed by atoms with E-state index in [-0.39, 0.29) is 5.91 Å². The molecule has 6 heteroatoms. The summed E-state index contributed by atoms with van der Waals surface area (Å²) in [6.45, 7) is 3.06. The molecule has 98 valence electrons. The number of aromatic nitrogens is 2. The Kier molecular flexibility index (Phi) is 3.64. The second kappa shape index (κ2) is 5.20. The van der Waals surface area contributed by atoms with Crippen LogP contribution >= 0.6 is 0 Å². The lowest BCUT2D eigenvalue weighted by atomic mass is 10.1. The highest BCUT2D eigenvalue weighted by Crippen LogP contribution is 2.13. The second-order valence-electron chi connectivity index (χ2n) is 4.55. The minimum atomic E-state index is -0.963. The van der Waals surface area contributed by atoms with Crippen molar-refractivity contribution in [2.75, 3.05) is 13.1 Å². The van der Waals surface area contributed by atoms with Crippen LogP contribution in [-0.2, 0) is 4.79 Å². The van der Waals surface area contributed by atoms with Crippen LogP contribution in [0.15, 0.2) is 12.3 Å². The molecule has 1 amide bonds. The first-order chi connectivity index (χ1) is 8.59. The van der Waals surface area contributed by atoms with Crippen molar-refractivity contribution in [2.24, 2.45) is 0 Å². The molecular weight excluding hydrogens is 234 g/mol. The van der Waals surface area contributed by atoms with Gasteiger partial charge in [-0.05, 0) is 32.3 Å². The molecule has 1 N–H and O–H groups in total. The average molecular weight is 251 g/mol. The van der Waals surface area contributed by atoms with E-state index in [2.05, 4.69) is 5.10 Å². The van der Waals surface area contributed by atoms with Crippen LogP contribution in [0.4, 0.5) is 0 Å². The van der Waals surface area contributed by atoms with E-state index in [1.54, 1.807) is 11.0 Å². The van der Waals surface area contributed by atoms with E-state index in [1.807, 2.05) is 0 Å². The average Bonchev–Trinajstić information content (AvgIpc) is 2.87. The summed E-state index contributed by atoms with van der Waals surface area (Å²) in [7, 11) is 0. The van der Waals surface area contributed by atoms with Crippen molar-refractivity contribution in [1.29, 1.82) is 0 Å². The summed E-state index contributed by atoms with van der Waals surface area (Å²) in [5, 5.41) is 12.9. The number of carbonyl (C=O) groups excluding carboxylic acids is 1. The summed E-state index contributed by atoms with van der Waals surface area (Å²) in [5.41, 5.74) is 0.324. The van der Waals surface area contributed by atoms with Crippen LogP contribution in [0.1, 0.15) is 42.7 Å². The van der Waals surface area contributed by atoms with Crippen molar-refractivity contribution >= 4 is 11.9 Å². The zero-order valence-corrected chi connectivity index (χ0v) is 10.4. The topological polar surface area (TPSA) is 75.4 Å². The summed E-state index contributed by atoms with van der Waals surface area (Å²) >= 11 is 0. The maximum absolute atomic E-state index is 12.1. The third-order valence-corrected chi connectivity index (χ3v) is 3.22. The van der Waals surface area contributed by atoms with Crippen LogP contribution in [0.5, 0.6) is 0 Å². The highest BCUT2D eigenvalue weighted by atomic mass is 16.4. The summed E-state index contributed by atoms with van der Waals surface area (Å²) in [6, 6.07) is 0.823. The van der Waals surface area contributed by atoms with Crippen molar-refractivity contribution in [3.8, 4) is 0 Å². The van der Waals surface area contributed by atoms with E-state index < -0.39 is 12.0 Å². The first-order valence-corrected chi connectivity index (χ1v) is 6.17. The van der Waals surface area contributed by atoms with Crippen LogP contribution in [0.3, 0.4) is 0 Å². The van der Waals surface area contributed by atoms with Gasteiger partial charge in [0.2, 0.25) is 0 Å². The zero-order chi connectivity index (χ0) is 13.1. The number of carboxylic acid groups (broad SMARTS) is 1. The van der Waals surface area contributed by atoms with E-state index in [0.29, 0.717) is 5.69 Å². The van der Waals surface area contributed by atoms with E-state index in [0.717, 1.165) is 32.4 Å². The molecule has 0 aliphatic carbocycles. The van der Waals surface area contributed by atoms with Crippen LogP contribution in [0, 0.1) is 0 Å². The highest BCUT2D eigenvalue weighted by molar-refractivity contribution is 5.92. The minimum Gasteiger partial charge on any atom is -0.480 e. The SMILES string of the molecule is CC(C(=O)O)n1ccc(C(=O)N2CCCCC2)n1. The maximum Gasteiger partial charge on any atom is 0.328 e. The van der Waals surface area contributed by atoms with E-state index >= 15 is 0 Å². The van der Waals surface area contributed by atoms with Gasteiger partial charge >= 0.3 is 5.97 Å². The standard InChI is InChI=1S/C12H17N3O3/c1-9(12(17)18)15-8-5-10(13-15)11(16)14-6-3-2-4-7-14/h5,8-9H,2-4,6-7H2,1H3,(H,17,18). The van der Waals surface area contributed by atoms with Crippen molar-refractivity contribution in [3.63, 3.8) is 0 Å². The Morgan fingerprint density at radius 1 is 1.33 bits per heavy atom. The second-order valence-corrected chi connectivity index (χ2v) is 4.55. The maximum atomic E-state index is 12.1. The Labute approximate surface area is 105 Å². The Bertz CT molecular complexity index is 449. The predicted octanol–water partition coefficient (Wildman–Crippen LogP) is 1.15. The fourth-order valence-electron chi connectivity index (χ4n) is 2.04. The number of aliphatic carboxylic acids is 1. The zero-order valence-electron chi connectivity index (χ0n) is 10.4. The largest absolute Gasteiger partial charge is 0.480 e. The number of amides is 1. The Balaban J connectivity index is 2.09. The molecule has 1 aromatic rings. The molecule has 0 radical (unpaired) electrons. The number of rotatable bonds is 3. The lowest BCUT2D eigenvalue weighted by Crippen LogP contribution is -2.36. The van der Waals surface area contributed by atoms with Gasteiger partial charge < -0.3 is 10.0 Å². The number of carbonyl (C=O) groups is 2. The fourth-order valence-corrected chi connectivity index (χ4v) is 2.04. The van der Waals surface area contributed by atoms with Gasteiger partial charge in [0.25, 0.3) is 5.91 Å². The molecule has 1 unspecified atom stereocenters. The Morgan fingerprint density at radius 3 is 2.61 bits per heavy atom. The van der Waals surface area contributed by atoms with Gasteiger partial charge in [0, 0.05) is 19.3 Å². The van der Waals surface area contributed by atoms with Gasteiger partial charge in [0.15, 0.2) is 0 Å². The van der Waals surface area contributed by atoms with Gasteiger partial charge in [-0.2, -0.15) is 5.10 Å². The van der Waals surface area contributed by atoms with Gasteiger partial charge in [-0.1, -0.05) is 0 Å². The number of likely N-dealkylation sites (tertiary alicyclic amines) is 1. The third kappa shape index (κ3) is 2.52. The molecular formula is C12H17N3O3. The quantitative estimate of drug-likeness (QED) is 0.874. The Hall–Kier alpha value is -1.85. The number of nitrogens with zero attached hydrogens (tertiary/aromatic N) is 3. The predicted molar refractivity (Wildman–Crippen MR) is 64.3 cm³/mol. The van der Waals surface area contributed by atoms with Crippen LogP contribution in [0.2, 0.25) is 0 Å². The molecule has 0 spiro atoms. The molecule has 1 aliphatic rings. The summed E-state index contributed by atoms with van der Waals surface area (Å²) < 4.78 is 1.31. The van der Waals surface area contributed by atoms with Crippen molar-refractivity contribution in [1.82, 2.24) is 14.7 Å². The number of hydrogen-bond acceptors (Lipinski definition) is 3. The highest BCUT2D eigenvalue weighted by Gasteiger charge is 2.22. The van der Waals surface area contributed by atoms with Gasteiger partial charge in [0.1, 0.15) is 11.7 Å². The van der Waals surface area contributed by atoms with Gasteiger partial charge in [0.05, 0.1) is 0 Å². The van der Waals surface area contributed by atoms with E-state index in [1.165, 1.54) is 17.8 Å². The molecule has 18 heavy (non-hydrogen) atoms. The van der Waals surface area contributed by atoms with Crippen LogP contribution in [0.25, 0.3) is 0 Å². The van der Waals surface area contributed by atoms with Crippen molar-refractivity contribution in [2.45, 2.75) is 32.2 Å². The van der Waals surface area contributed by atoms with Crippen LogP contribution in [-0.4, -0.2) is 44.8 Å². The molecule has 0 aromatic carbocycles. The minimum absolute atomic E-state index is 0.106. The Morgan fingerprint density at radius 2 is 2.00 bits per heavy atom. The first kappa shape index (κ1) is 12.6. The van der Waals surface area contributed by atoms with Crippen molar-refractivity contribution < 1.29 is 14.7 Å². The summed E-state index contributed by atoms with van der Waals surface area (Å²) in [5.74, 6) is -1.07. The molecule has 2 heterocycles. The van der Waals surface area contributed by atoms with Gasteiger partial charge in [-0.15, -0.1) is 0 Å². The molecule has 1 atom stereocenters. The normalized spacial score (nSPS) is 17.5. The third-order valence-electron chi connectivity index (χ3n) is 3.22. The molecule has 1 aromatic heterocycles. The molecule has 1 fully saturated rings. The summed E-state index contributed by atoms with van der Waals surface area (Å²) in [4.78, 5) is 24.7. The molecule has 2 rings (SSSR count). The summed E-state index contributed by atoms with van der Waals surface area (Å²) in [6.07, 6.45) is 4.75. The lowest BCUT2D eigenvalue weighted by molar-refractivity contribution is -0.140. The molecule has 1 aliphatic heterocycles. The van der Waals surface area contributed by atoms with E-state index in [9.17, 15) is 9.59 Å². The molecule has 6 nitrogen and oxygen atoms in total. The molecule has 1 saturated heterocycles. The smallest absolute Gasteiger partial charge is 0.328 e. The number of hydrogen-bond donors (Lipinski definition) is 1. The monoisotopic (exact) mass is 251 g/mol. The number of carboxylic acids is 1. The lowest BCUT2D eigenvalue weighted by Gasteiger charge is -2.25. The van der Waals surface area contributed by atoms with Crippen molar-refractivity contribution in [3.05, 3.63) is 18.0 Å². The van der Waals surface area contributed by atoms with Crippen LogP contribution < -0.4 is 0 Å². The molecule has 0 saturated carbocycles. The van der Waals surface area contributed by atoms with Gasteiger partial charge in [-0.3, -0.25) is 9.48 Å². The van der Waals surface area contributed by atoms with Gasteiger partial charge in [-0.25, -0.2) is 4.79 Å². The van der Waals surface area contributed by atoms with E-state index in [4.69, 9.17) is 5.11 Å². The fraction of sp³-hybridized carbons (Fsp3) is 0.583. The number of piperidine rings is 1. The first-order valence-electron chi connectivity index (χ1n) is 6.17.